The lowest BCUT2D eigenvalue weighted by Gasteiger charge is -2.29. The second kappa shape index (κ2) is 33.5. The van der Waals surface area contributed by atoms with Crippen molar-refractivity contribution in [3.63, 3.8) is 0 Å². The van der Waals surface area contributed by atoms with Crippen LogP contribution in [0, 0.1) is 6.92 Å². The Labute approximate surface area is 625 Å². The molecule has 0 amide bonds. The van der Waals surface area contributed by atoms with Crippen molar-refractivity contribution in [1.29, 1.82) is 0 Å². The molecule has 9 aromatic heterocycles. The maximum absolute atomic E-state index is 13.6. The van der Waals surface area contributed by atoms with Crippen LogP contribution in [0.4, 0.5) is 4.39 Å². The minimum Gasteiger partial charge on any atom is -0.389 e. The van der Waals surface area contributed by atoms with Gasteiger partial charge in [0.05, 0.1) is 156 Å². The lowest BCUT2D eigenvalue weighted by atomic mass is 9.96. The Morgan fingerprint density at radius 3 is 1.07 bits per heavy atom. The molecule has 0 unspecified atom stereocenters. The summed E-state index contributed by atoms with van der Waals surface area (Å²) in [5.41, 5.74) is 17.8. The number of nitrogens with zero attached hydrogens (tertiary/aromatic N) is 12. The summed E-state index contributed by atoms with van der Waals surface area (Å²) in [6.45, 7) is 4.19. The van der Waals surface area contributed by atoms with Crippen molar-refractivity contribution in [3.05, 3.63) is 273 Å². The maximum Gasteiger partial charge on any atom is 0.261 e. The summed E-state index contributed by atoms with van der Waals surface area (Å²) in [6.07, 6.45) is 11.6. The number of aliphatic hydroxyl groups excluding tert-OH is 3. The van der Waals surface area contributed by atoms with E-state index < -0.39 is 25.5 Å². The first-order valence-electron chi connectivity index (χ1n) is 35.0. The van der Waals surface area contributed by atoms with E-state index in [2.05, 4.69) is 69.1 Å². The van der Waals surface area contributed by atoms with Gasteiger partial charge in [-0.15, -0.1) is 34.0 Å². The first-order valence-corrected chi connectivity index (χ1v) is 37.5. The van der Waals surface area contributed by atoms with Crippen molar-refractivity contribution in [1.82, 2.24) is 58.6 Å². The lowest BCUT2D eigenvalue weighted by molar-refractivity contribution is -0.0395. The van der Waals surface area contributed by atoms with Gasteiger partial charge in [-0.3, -0.25) is 47.4 Å². The molecule has 106 heavy (non-hydrogen) atoms. The molecule has 21 nitrogen and oxygen atoms in total. The van der Waals surface area contributed by atoms with Crippen molar-refractivity contribution < 1.29 is 35.3 Å². The van der Waals surface area contributed by atoms with E-state index in [0.29, 0.717) is 96.2 Å². The van der Waals surface area contributed by atoms with Gasteiger partial charge in [0, 0.05) is 76.4 Å². The molecule has 3 aliphatic heterocycles. The van der Waals surface area contributed by atoms with Crippen LogP contribution in [-0.4, -0.2) is 139 Å². The van der Waals surface area contributed by atoms with Gasteiger partial charge in [-0.25, -0.2) is 29.9 Å². The molecule has 12 heterocycles. The predicted octanol–water partition coefficient (Wildman–Crippen LogP) is 13.5. The zero-order valence-electron chi connectivity index (χ0n) is 58.3. The van der Waals surface area contributed by atoms with Crippen LogP contribution in [0.15, 0.2) is 212 Å². The van der Waals surface area contributed by atoms with Crippen LogP contribution in [0.2, 0.25) is 5.15 Å². The molecule has 6 atom stereocenters. The smallest absolute Gasteiger partial charge is 0.261 e. The van der Waals surface area contributed by atoms with Crippen LogP contribution >= 0.6 is 45.6 Å². The van der Waals surface area contributed by atoms with Gasteiger partial charge in [-0.1, -0.05) is 103 Å². The van der Waals surface area contributed by atoms with Crippen LogP contribution in [0.25, 0.3) is 87.8 Å². The highest BCUT2D eigenvalue weighted by molar-refractivity contribution is 7.08. The number of aliphatic hydroxyl groups is 3. The zero-order valence-corrected chi connectivity index (χ0v) is 60.6. The standard InChI is InChI=1S/2C26H22N4O3S.C23H20ClN3O3.C4H5NS.CH3F/c2*31-24-12-33-8-7-23(24)30-14-28-25-19-4-2-1-3-18(19)17(10-20(25)26(30)32)9-16-5-6-21(27-11-16)22-13-34-15-29-22;24-21-6-5-14(11-25-21)9-15-10-18-22(17-4-2-1-3-16(15)17)26-13-27(23(18)29)19-7-8-30-12-20(19)28;1-4-2-6-3-5-4;1-2/h2*1-6,10-11,13-15,23-24,31H,7-9,12H2;1-6,10-11,13,19-20,28H,7-9,12H2;2-3H,1H3;1H3/t2*23-,24-;19-,20-;;/m000../s1/i;;;;1D. The number of benzene rings is 6. The lowest BCUT2D eigenvalue weighted by Crippen LogP contribution is -2.39. The molecule has 18 rings (SSSR count). The number of aryl methyl sites for hydroxylation is 1. The van der Waals surface area contributed by atoms with Gasteiger partial charge < -0.3 is 29.5 Å². The first-order chi connectivity index (χ1) is 52.3. The number of alkyl halides is 1. The summed E-state index contributed by atoms with van der Waals surface area (Å²) < 4.78 is 36.2. The number of ether oxygens (including phenoxy) is 3. The molecular weight excluding hydrogens is 1420 g/mol. The van der Waals surface area contributed by atoms with E-state index >= 15 is 0 Å². The number of aromatic nitrogens is 12. The van der Waals surface area contributed by atoms with Crippen LogP contribution in [0.3, 0.4) is 0 Å². The Bertz CT molecular complexity index is 5520. The second-order valence-electron chi connectivity index (χ2n) is 25.8. The highest BCUT2D eigenvalue weighted by Gasteiger charge is 2.30. The number of hydrogen-bond acceptors (Lipinski definition) is 21. The fourth-order valence-electron chi connectivity index (χ4n) is 13.9. The molecule has 0 aliphatic carbocycles. The Balaban J connectivity index is 0.000000127. The Hall–Kier alpha value is -10.2. The molecule has 0 spiro atoms. The average Bonchev–Trinajstić information content (AvgIpc) is 0.953. The molecule has 26 heteroatoms. The fourth-order valence-corrected chi connectivity index (χ4v) is 15.6. The van der Waals surface area contributed by atoms with Gasteiger partial charge >= 0.3 is 0 Å². The van der Waals surface area contributed by atoms with Gasteiger partial charge in [0.1, 0.15) is 5.15 Å². The minimum atomic E-state index is -1.00. The Kier molecular flexibility index (Phi) is 22.6. The van der Waals surface area contributed by atoms with Crippen LogP contribution in [0.5, 0.6) is 0 Å². The molecular formula is C80H72ClFN12O9S3. The van der Waals surface area contributed by atoms with Crippen molar-refractivity contribution >= 4 is 111 Å². The Morgan fingerprint density at radius 1 is 0.443 bits per heavy atom. The molecule has 6 aromatic carbocycles. The summed E-state index contributed by atoms with van der Waals surface area (Å²) in [7, 11) is -1.00. The van der Waals surface area contributed by atoms with Crippen LogP contribution in [-0.2, 0) is 33.5 Å². The van der Waals surface area contributed by atoms with Gasteiger partial charge in [0.25, 0.3) is 16.7 Å². The van der Waals surface area contributed by atoms with E-state index in [1.807, 2.05) is 138 Å². The number of pyridine rings is 3. The molecule has 3 aliphatic rings. The quantitative estimate of drug-likeness (QED) is 0.0802. The van der Waals surface area contributed by atoms with Crippen molar-refractivity contribution in [2.24, 2.45) is 0 Å². The summed E-state index contributed by atoms with van der Waals surface area (Å²) in [6, 6.07) is 40.6. The highest BCUT2D eigenvalue weighted by atomic mass is 35.5. The molecule has 0 bridgehead atoms. The molecule has 0 radical (unpaired) electrons. The number of rotatable bonds is 11. The largest absolute Gasteiger partial charge is 0.389 e. The third-order valence-electron chi connectivity index (χ3n) is 19.1. The van der Waals surface area contributed by atoms with Crippen molar-refractivity contribution in [2.45, 2.75) is 81.9 Å². The average molecular weight is 1500 g/mol. The number of fused-ring (bicyclic) bond motifs is 9. The molecule has 538 valence electrons. The summed E-state index contributed by atoms with van der Waals surface area (Å²) in [4.78, 5) is 80.4. The summed E-state index contributed by atoms with van der Waals surface area (Å²) in [5.74, 6) is 0. The van der Waals surface area contributed by atoms with E-state index in [0.717, 1.165) is 94.2 Å². The summed E-state index contributed by atoms with van der Waals surface area (Å²) >= 11 is 10.6. The third kappa shape index (κ3) is 15.9. The van der Waals surface area contributed by atoms with E-state index in [1.165, 1.54) is 0 Å². The monoisotopic (exact) mass is 1500 g/mol. The van der Waals surface area contributed by atoms with Crippen molar-refractivity contribution in [2.75, 3.05) is 46.8 Å². The van der Waals surface area contributed by atoms with E-state index in [1.54, 1.807) is 90.0 Å². The highest BCUT2D eigenvalue weighted by Crippen LogP contribution is 2.34. The molecule has 3 saturated heterocycles. The fraction of sp³-hybridized carbons (Fsp3) is 0.250. The van der Waals surface area contributed by atoms with Crippen molar-refractivity contribution in [3.8, 4) is 22.8 Å². The summed E-state index contributed by atoms with van der Waals surface area (Å²) in [5, 5.41) is 45.2. The number of hydrogen-bond donors (Lipinski definition) is 3. The van der Waals surface area contributed by atoms with E-state index in [4.69, 9.17) is 27.2 Å². The molecule has 3 N–H and O–H groups in total. The van der Waals surface area contributed by atoms with Gasteiger partial charge in [0.2, 0.25) is 0 Å². The third-order valence-corrected chi connectivity index (χ3v) is 21.2. The SMILES string of the molecule is Cc1cscn1.O=c1c2cc(Cc3ccc(-c4cscn4)nc3)c3ccccc3c2ncn1[C@H]1CCOC[C@@H]1O.O=c1c2cc(Cc3ccc(-c4cscn4)nc3)c3ccccc3c2ncn1[C@H]1CCOC[C@@H]1O.O=c1c2cc(Cc3ccc(Cl)nc3)c3ccccc3c2ncn1[C@H]1CCOC[C@@H]1O.[2H]CF. The Morgan fingerprint density at radius 2 is 0.783 bits per heavy atom. The first kappa shape index (κ1) is 71.5. The maximum atomic E-state index is 13.6. The zero-order chi connectivity index (χ0) is 73.9. The number of halogens is 2. The second-order valence-corrected chi connectivity index (χ2v) is 28.3. The van der Waals surface area contributed by atoms with Gasteiger partial charge in [-0.2, -0.15) is 0 Å². The van der Waals surface area contributed by atoms with Gasteiger partial charge in [-0.05, 0) is 131 Å². The molecule has 0 saturated carbocycles. The number of thiazole rings is 3. The minimum absolute atomic E-state index is 0.139. The predicted molar refractivity (Wildman–Crippen MR) is 414 cm³/mol. The van der Waals surface area contributed by atoms with Crippen LogP contribution < -0.4 is 16.7 Å². The molecule has 3 fully saturated rings. The topological polar surface area (TPSA) is 270 Å². The van der Waals surface area contributed by atoms with Gasteiger partial charge in [0.15, 0.2) is 0 Å². The molecule has 15 aromatic rings. The normalized spacial score (nSPS) is 18.0. The van der Waals surface area contributed by atoms with E-state index in [-0.39, 0.29) is 54.6 Å². The van der Waals surface area contributed by atoms with Crippen LogP contribution in [0.1, 0.15) is 77.8 Å². The van der Waals surface area contributed by atoms with E-state index in [9.17, 15) is 34.1 Å².